The van der Waals surface area contributed by atoms with Gasteiger partial charge in [-0.1, -0.05) is 13.3 Å². The van der Waals surface area contributed by atoms with Gasteiger partial charge in [0.25, 0.3) is 0 Å². The number of nitrogens with zero attached hydrogens (tertiary/aromatic N) is 2. The maximum atomic E-state index is 4.30. The summed E-state index contributed by atoms with van der Waals surface area (Å²) in [5, 5.41) is 7.96. The number of hydrogen-bond acceptors (Lipinski definition) is 2. The van der Waals surface area contributed by atoms with Crippen LogP contribution in [0.4, 0.5) is 0 Å². The Labute approximate surface area is 70.8 Å². The molecule has 0 atom stereocenters. The largest absolute Gasteiger partial charge is 0.276 e. The number of hydrogen-bond donors (Lipinski definition) is 1. The number of aromatic nitrogens is 3. The molecule has 0 aliphatic rings. The molecular weight excluding hydrogens is 150 g/mol. The molecular formula is C9H11N3. The van der Waals surface area contributed by atoms with Gasteiger partial charge in [-0.2, -0.15) is 5.10 Å². The third-order valence-electron chi connectivity index (χ3n) is 1.89. The Morgan fingerprint density at radius 3 is 3.17 bits per heavy atom. The predicted octanol–water partition coefficient (Wildman–Crippen LogP) is 1.91. The summed E-state index contributed by atoms with van der Waals surface area (Å²) >= 11 is 0. The molecule has 12 heavy (non-hydrogen) atoms. The van der Waals surface area contributed by atoms with Gasteiger partial charge in [-0.25, -0.2) is 0 Å². The third kappa shape index (κ3) is 1.18. The minimum Gasteiger partial charge on any atom is -0.276 e. The van der Waals surface area contributed by atoms with Crippen molar-refractivity contribution in [3.05, 3.63) is 24.2 Å². The monoisotopic (exact) mass is 161 g/mol. The highest BCUT2D eigenvalue weighted by atomic mass is 15.1. The van der Waals surface area contributed by atoms with E-state index in [0.717, 1.165) is 29.4 Å². The van der Waals surface area contributed by atoms with Crippen molar-refractivity contribution in [2.75, 3.05) is 0 Å². The molecule has 0 radical (unpaired) electrons. The van der Waals surface area contributed by atoms with Crippen LogP contribution in [0.1, 0.15) is 19.0 Å². The van der Waals surface area contributed by atoms with Gasteiger partial charge >= 0.3 is 0 Å². The Bertz CT molecular complexity index is 378. The van der Waals surface area contributed by atoms with Crippen LogP contribution in [0.2, 0.25) is 0 Å². The van der Waals surface area contributed by atoms with Gasteiger partial charge in [0.2, 0.25) is 0 Å². The fraction of sp³-hybridized carbons (Fsp3) is 0.333. The fourth-order valence-corrected chi connectivity index (χ4v) is 1.28. The summed E-state index contributed by atoms with van der Waals surface area (Å²) in [5.74, 6) is 0. The quantitative estimate of drug-likeness (QED) is 0.731. The van der Waals surface area contributed by atoms with Gasteiger partial charge in [-0.3, -0.25) is 10.1 Å². The number of rotatable bonds is 2. The van der Waals surface area contributed by atoms with Crippen molar-refractivity contribution in [1.82, 2.24) is 15.2 Å². The van der Waals surface area contributed by atoms with Crippen LogP contribution in [0.25, 0.3) is 10.9 Å². The van der Waals surface area contributed by atoms with E-state index in [1.807, 2.05) is 12.4 Å². The van der Waals surface area contributed by atoms with E-state index >= 15 is 0 Å². The van der Waals surface area contributed by atoms with Crippen LogP contribution in [0.15, 0.2) is 18.5 Å². The average Bonchev–Trinajstić information content (AvgIpc) is 2.51. The van der Waals surface area contributed by atoms with Crippen LogP contribution in [-0.4, -0.2) is 15.2 Å². The smallest absolute Gasteiger partial charge is 0.0833 e. The van der Waals surface area contributed by atoms with Gasteiger partial charge in [-0.15, -0.1) is 0 Å². The zero-order valence-electron chi connectivity index (χ0n) is 7.04. The Morgan fingerprint density at radius 1 is 1.42 bits per heavy atom. The Morgan fingerprint density at radius 2 is 2.33 bits per heavy atom. The molecule has 3 heteroatoms. The lowest BCUT2D eigenvalue weighted by atomic mass is 10.2. The minimum absolute atomic E-state index is 1.01. The van der Waals surface area contributed by atoms with E-state index in [2.05, 4.69) is 28.2 Å². The van der Waals surface area contributed by atoms with E-state index in [1.54, 1.807) is 0 Å². The second-order valence-corrected chi connectivity index (χ2v) is 2.88. The maximum Gasteiger partial charge on any atom is 0.0833 e. The van der Waals surface area contributed by atoms with E-state index in [1.165, 1.54) is 0 Å². The van der Waals surface area contributed by atoms with Crippen molar-refractivity contribution in [2.45, 2.75) is 19.8 Å². The summed E-state index contributed by atoms with van der Waals surface area (Å²) in [6.45, 7) is 2.15. The zero-order valence-corrected chi connectivity index (χ0v) is 7.04. The molecule has 0 aliphatic heterocycles. The first-order valence-electron chi connectivity index (χ1n) is 4.18. The van der Waals surface area contributed by atoms with E-state index in [-0.39, 0.29) is 0 Å². The predicted molar refractivity (Wildman–Crippen MR) is 47.9 cm³/mol. The Kier molecular flexibility index (Phi) is 1.78. The lowest BCUT2D eigenvalue weighted by Gasteiger charge is -1.95. The lowest BCUT2D eigenvalue weighted by molar-refractivity contribution is 0.886. The van der Waals surface area contributed by atoms with Crippen molar-refractivity contribution in [2.24, 2.45) is 0 Å². The van der Waals surface area contributed by atoms with Gasteiger partial charge in [0.15, 0.2) is 0 Å². The Balaban J connectivity index is 2.46. The fourth-order valence-electron chi connectivity index (χ4n) is 1.28. The SMILES string of the molecule is CCCc1cc2cn[nH]c2cn1. The number of fused-ring (bicyclic) bond motifs is 1. The second-order valence-electron chi connectivity index (χ2n) is 2.88. The molecule has 2 aromatic rings. The first kappa shape index (κ1) is 7.28. The van der Waals surface area contributed by atoms with Gasteiger partial charge in [0.1, 0.15) is 0 Å². The number of aromatic amines is 1. The van der Waals surface area contributed by atoms with Crippen LogP contribution in [0.5, 0.6) is 0 Å². The van der Waals surface area contributed by atoms with E-state index < -0.39 is 0 Å². The summed E-state index contributed by atoms with van der Waals surface area (Å²) in [6.07, 6.45) is 5.85. The summed E-state index contributed by atoms with van der Waals surface area (Å²) in [4.78, 5) is 4.30. The van der Waals surface area contributed by atoms with Crippen molar-refractivity contribution in [3.8, 4) is 0 Å². The minimum atomic E-state index is 1.01. The van der Waals surface area contributed by atoms with Gasteiger partial charge in [0.05, 0.1) is 17.9 Å². The topological polar surface area (TPSA) is 41.6 Å². The molecule has 2 heterocycles. The second kappa shape index (κ2) is 2.93. The normalized spacial score (nSPS) is 10.8. The summed E-state index contributed by atoms with van der Waals surface area (Å²) in [6, 6.07) is 2.09. The molecule has 0 spiro atoms. The van der Waals surface area contributed by atoms with Gasteiger partial charge in [0, 0.05) is 11.1 Å². The van der Waals surface area contributed by atoms with E-state index in [4.69, 9.17) is 0 Å². The molecule has 62 valence electrons. The van der Waals surface area contributed by atoms with Gasteiger partial charge in [-0.05, 0) is 12.5 Å². The first-order valence-corrected chi connectivity index (χ1v) is 4.18. The van der Waals surface area contributed by atoms with Crippen molar-refractivity contribution >= 4 is 10.9 Å². The highest BCUT2D eigenvalue weighted by Gasteiger charge is 1.97. The maximum absolute atomic E-state index is 4.30. The average molecular weight is 161 g/mol. The van der Waals surface area contributed by atoms with Crippen LogP contribution in [0, 0.1) is 0 Å². The molecule has 0 saturated carbocycles. The molecule has 2 aromatic heterocycles. The first-order chi connectivity index (χ1) is 5.90. The summed E-state index contributed by atoms with van der Waals surface area (Å²) in [5.41, 5.74) is 2.15. The van der Waals surface area contributed by atoms with Crippen LogP contribution in [-0.2, 0) is 6.42 Å². The number of nitrogens with one attached hydrogen (secondary N) is 1. The molecule has 1 N–H and O–H groups in total. The van der Waals surface area contributed by atoms with Crippen molar-refractivity contribution in [1.29, 1.82) is 0 Å². The van der Waals surface area contributed by atoms with Crippen molar-refractivity contribution in [3.63, 3.8) is 0 Å². The molecule has 0 saturated heterocycles. The molecule has 2 rings (SSSR count). The molecule has 3 nitrogen and oxygen atoms in total. The number of aryl methyl sites for hydroxylation is 1. The zero-order chi connectivity index (χ0) is 8.39. The van der Waals surface area contributed by atoms with Gasteiger partial charge < -0.3 is 0 Å². The van der Waals surface area contributed by atoms with E-state index in [9.17, 15) is 0 Å². The Hall–Kier alpha value is -1.38. The van der Waals surface area contributed by atoms with Crippen LogP contribution in [0.3, 0.4) is 0 Å². The van der Waals surface area contributed by atoms with Crippen LogP contribution < -0.4 is 0 Å². The van der Waals surface area contributed by atoms with Crippen molar-refractivity contribution < 1.29 is 0 Å². The molecule has 0 bridgehead atoms. The van der Waals surface area contributed by atoms with E-state index in [0.29, 0.717) is 0 Å². The highest BCUT2D eigenvalue weighted by Crippen LogP contribution is 2.10. The number of pyridine rings is 1. The molecule has 0 amide bonds. The van der Waals surface area contributed by atoms with Crippen LogP contribution >= 0.6 is 0 Å². The molecule has 0 aromatic carbocycles. The molecule has 0 fully saturated rings. The lowest BCUT2D eigenvalue weighted by Crippen LogP contribution is -1.87. The third-order valence-corrected chi connectivity index (χ3v) is 1.89. The molecule has 0 unspecified atom stereocenters. The molecule has 0 aliphatic carbocycles. The highest BCUT2D eigenvalue weighted by molar-refractivity contribution is 5.76. The number of H-pyrrole nitrogens is 1. The standard InChI is InChI=1S/C9H11N3/c1-2-3-8-4-7-5-11-12-9(7)6-10-8/h4-6H,2-3H2,1H3,(H,11,12). The summed E-state index contributed by atoms with van der Waals surface area (Å²) < 4.78 is 0. The summed E-state index contributed by atoms with van der Waals surface area (Å²) in [7, 11) is 0.